The highest BCUT2D eigenvalue weighted by Crippen LogP contribution is 2.15. The van der Waals surface area contributed by atoms with Crippen LogP contribution in [0.5, 0.6) is 0 Å². The molecule has 0 heterocycles. The van der Waals surface area contributed by atoms with Gasteiger partial charge in [-0.2, -0.15) is 0 Å². The van der Waals surface area contributed by atoms with E-state index in [0.717, 1.165) is 0 Å². The van der Waals surface area contributed by atoms with Gasteiger partial charge >= 0.3 is 6.36 Å². The Hall–Kier alpha value is 0.190. The van der Waals surface area contributed by atoms with Crippen LogP contribution in [0.15, 0.2) is 0 Å². The summed E-state index contributed by atoms with van der Waals surface area (Å²) in [5, 5.41) is 0. The quantitative estimate of drug-likeness (QED) is 0.706. The zero-order valence-corrected chi connectivity index (χ0v) is 9.15. The van der Waals surface area contributed by atoms with Crippen molar-refractivity contribution in [2.45, 2.75) is 18.1 Å². The Morgan fingerprint density at radius 3 is 2.38 bits per heavy atom. The van der Waals surface area contributed by atoms with Crippen molar-refractivity contribution in [1.29, 1.82) is 0 Å². The van der Waals surface area contributed by atoms with E-state index in [1.807, 2.05) is 6.92 Å². The van der Waals surface area contributed by atoms with Gasteiger partial charge in [0, 0.05) is 17.9 Å². The van der Waals surface area contributed by atoms with Crippen LogP contribution >= 0.6 is 15.9 Å². The second-order valence-electron chi connectivity index (χ2n) is 2.84. The van der Waals surface area contributed by atoms with Crippen molar-refractivity contribution in [3.63, 3.8) is 0 Å². The van der Waals surface area contributed by atoms with Crippen LogP contribution in [-0.2, 0) is 4.74 Å². The third kappa shape index (κ3) is 10.1. The summed E-state index contributed by atoms with van der Waals surface area (Å²) < 4.78 is 38.2. The molecule has 0 aromatic rings. The van der Waals surface area contributed by atoms with Gasteiger partial charge in [-0.15, -0.1) is 13.2 Å². The number of likely N-dealkylation sites (N-methyl/N-ethyl adjacent to an activating group) is 1. The molecule has 0 spiro atoms. The molecule has 80 valence electrons. The molecule has 13 heavy (non-hydrogen) atoms. The number of rotatable bonds is 5. The maximum atomic E-state index is 11.5. The van der Waals surface area contributed by atoms with Gasteiger partial charge in [0.25, 0.3) is 0 Å². The molecule has 0 saturated heterocycles. The predicted molar refractivity (Wildman–Crippen MR) is 47.9 cm³/mol. The molecule has 2 nitrogen and oxygen atoms in total. The van der Waals surface area contributed by atoms with Crippen LogP contribution in [0.1, 0.15) is 6.92 Å². The van der Waals surface area contributed by atoms with Gasteiger partial charge in [0.2, 0.25) is 0 Å². The maximum Gasteiger partial charge on any atom is 0.522 e. The van der Waals surface area contributed by atoms with Gasteiger partial charge in [0.05, 0.1) is 6.61 Å². The fourth-order valence-corrected chi connectivity index (χ4v) is 1.33. The monoisotopic (exact) mass is 263 g/mol. The van der Waals surface area contributed by atoms with E-state index in [1.165, 1.54) is 0 Å². The minimum absolute atomic E-state index is 0.267. The van der Waals surface area contributed by atoms with Gasteiger partial charge in [-0.05, 0) is 7.05 Å². The second kappa shape index (κ2) is 5.82. The maximum absolute atomic E-state index is 11.5. The molecule has 0 aliphatic rings. The summed E-state index contributed by atoms with van der Waals surface area (Å²) in [6, 6.07) is 0. The van der Waals surface area contributed by atoms with Gasteiger partial charge < -0.3 is 4.90 Å². The third-order valence-electron chi connectivity index (χ3n) is 1.30. The molecule has 1 atom stereocenters. The summed E-state index contributed by atoms with van der Waals surface area (Å²) >= 11 is 3.30. The van der Waals surface area contributed by atoms with E-state index in [0.29, 0.717) is 6.54 Å². The van der Waals surface area contributed by atoms with Gasteiger partial charge in [-0.25, -0.2) is 0 Å². The Balaban J connectivity index is 3.42. The number of nitrogens with zero attached hydrogens (tertiary/aromatic N) is 1. The summed E-state index contributed by atoms with van der Waals surface area (Å²) in [6.45, 7) is 2.58. The zero-order valence-electron chi connectivity index (χ0n) is 7.57. The Bertz CT molecular complexity index is 140. The van der Waals surface area contributed by atoms with E-state index in [4.69, 9.17) is 0 Å². The van der Waals surface area contributed by atoms with Crippen LogP contribution in [0.2, 0.25) is 0 Å². The Morgan fingerprint density at radius 2 is 2.00 bits per heavy atom. The average Bonchev–Trinajstić information content (AvgIpc) is 1.81. The van der Waals surface area contributed by atoms with Crippen molar-refractivity contribution in [3.8, 4) is 0 Å². The van der Waals surface area contributed by atoms with Crippen molar-refractivity contribution < 1.29 is 17.9 Å². The molecule has 0 amide bonds. The van der Waals surface area contributed by atoms with Crippen molar-refractivity contribution in [1.82, 2.24) is 4.90 Å². The van der Waals surface area contributed by atoms with Crippen LogP contribution in [0.4, 0.5) is 13.2 Å². The highest BCUT2D eigenvalue weighted by molar-refractivity contribution is 9.09. The first kappa shape index (κ1) is 13.2. The molecule has 0 aromatic heterocycles. The summed E-state index contributed by atoms with van der Waals surface area (Å²) in [5.41, 5.74) is 0. The van der Waals surface area contributed by atoms with Crippen LogP contribution in [-0.4, -0.2) is 42.8 Å². The van der Waals surface area contributed by atoms with Crippen molar-refractivity contribution in [2.75, 3.05) is 26.7 Å². The second-order valence-corrected chi connectivity index (χ2v) is 4.40. The number of hydrogen-bond donors (Lipinski definition) is 0. The molecule has 6 heteroatoms. The molecule has 0 aromatic carbocycles. The van der Waals surface area contributed by atoms with Crippen LogP contribution < -0.4 is 0 Å². The molecule has 0 N–H and O–H groups in total. The zero-order chi connectivity index (χ0) is 10.5. The standard InChI is InChI=1S/C7H13BrF3NO/c1-6(8)5-12(2)3-4-13-7(9,10)11/h6H,3-5H2,1-2H3. The molecule has 0 saturated carbocycles. The minimum Gasteiger partial charge on any atom is -0.303 e. The fourth-order valence-electron chi connectivity index (χ4n) is 0.838. The normalized spacial score (nSPS) is 15.0. The predicted octanol–water partition coefficient (Wildman–Crippen LogP) is 2.24. The van der Waals surface area contributed by atoms with Crippen molar-refractivity contribution >= 4 is 15.9 Å². The Morgan fingerprint density at radius 1 is 1.46 bits per heavy atom. The number of alkyl halides is 4. The lowest BCUT2D eigenvalue weighted by Crippen LogP contribution is -2.30. The van der Waals surface area contributed by atoms with Crippen LogP contribution in [0.25, 0.3) is 0 Å². The first-order chi connectivity index (χ1) is 5.81. The molecule has 0 aliphatic carbocycles. The SMILES string of the molecule is CC(Br)CN(C)CCOC(F)(F)F. The molecule has 0 aliphatic heterocycles. The lowest BCUT2D eigenvalue weighted by molar-refractivity contribution is -0.324. The number of hydrogen-bond acceptors (Lipinski definition) is 2. The van der Waals surface area contributed by atoms with Gasteiger partial charge in [-0.3, -0.25) is 4.74 Å². The highest BCUT2D eigenvalue weighted by Gasteiger charge is 2.28. The van der Waals surface area contributed by atoms with Gasteiger partial charge in [-0.1, -0.05) is 22.9 Å². The topological polar surface area (TPSA) is 12.5 Å². The average molecular weight is 264 g/mol. The van der Waals surface area contributed by atoms with Crippen molar-refractivity contribution in [2.24, 2.45) is 0 Å². The molecule has 0 rings (SSSR count). The van der Waals surface area contributed by atoms with Gasteiger partial charge in [0.15, 0.2) is 0 Å². The first-order valence-corrected chi connectivity index (χ1v) is 4.76. The Labute approximate surface area is 84.2 Å². The van der Waals surface area contributed by atoms with Crippen molar-refractivity contribution in [3.05, 3.63) is 0 Å². The molecule has 1 unspecified atom stereocenters. The van der Waals surface area contributed by atoms with Crippen LogP contribution in [0, 0.1) is 0 Å². The van der Waals surface area contributed by atoms with E-state index < -0.39 is 6.36 Å². The smallest absolute Gasteiger partial charge is 0.303 e. The molecule has 0 bridgehead atoms. The lowest BCUT2D eigenvalue weighted by Gasteiger charge is -2.18. The molecule has 0 fully saturated rings. The first-order valence-electron chi connectivity index (χ1n) is 3.84. The van der Waals surface area contributed by atoms with E-state index in [9.17, 15) is 13.2 Å². The number of ether oxygens (including phenoxy) is 1. The molecular formula is C7H13BrF3NO. The fraction of sp³-hybridized carbons (Fsp3) is 1.00. The van der Waals surface area contributed by atoms with E-state index >= 15 is 0 Å². The summed E-state index contributed by atoms with van der Waals surface area (Å²) in [6.07, 6.45) is -4.51. The largest absolute Gasteiger partial charge is 0.522 e. The lowest BCUT2D eigenvalue weighted by atomic mass is 10.4. The van der Waals surface area contributed by atoms with E-state index in [1.54, 1.807) is 11.9 Å². The van der Waals surface area contributed by atoms with E-state index in [2.05, 4.69) is 20.7 Å². The third-order valence-corrected chi connectivity index (χ3v) is 1.59. The molecule has 0 radical (unpaired) electrons. The number of halogens is 4. The summed E-state index contributed by atoms with van der Waals surface area (Å²) in [7, 11) is 1.75. The summed E-state index contributed by atoms with van der Waals surface area (Å²) in [4.78, 5) is 2.04. The van der Waals surface area contributed by atoms with Crippen LogP contribution in [0.3, 0.4) is 0 Å². The summed E-state index contributed by atoms with van der Waals surface area (Å²) in [5.74, 6) is 0. The highest BCUT2D eigenvalue weighted by atomic mass is 79.9. The van der Waals surface area contributed by atoms with E-state index in [-0.39, 0.29) is 18.0 Å². The Kier molecular flexibility index (Phi) is 5.91. The minimum atomic E-state index is -4.51. The molecular weight excluding hydrogens is 251 g/mol. The van der Waals surface area contributed by atoms with Gasteiger partial charge in [0.1, 0.15) is 0 Å².